The summed E-state index contributed by atoms with van der Waals surface area (Å²) in [4.78, 5) is 2.64. The monoisotopic (exact) mass is 513 g/mol. The Balaban J connectivity index is 0.000000365. The minimum Gasteiger partial charge on any atom is -0.295 e. The number of sulfone groups is 1. The van der Waals surface area contributed by atoms with Gasteiger partial charge in [-0.05, 0) is 94.9 Å². The summed E-state index contributed by atoms with van der Waals surface area (Å²) < 4.78 is 23.8. The second kappa shape index (κ2) is 7.73. The van der Waals surface area contributed by atoms with Gasteiger partial charge < -0.3 is 0 Å². The second-order valence-corrected chi connectivity index (χ2v) is 20.0. The summed E-state index contributed by atoms with van der Waals surface area (Å²) in [5.41, 5.74) is 0.622. The SMILES string of the molecule is CC1(C)C(C)(C)C(C)(C)S(=O)(=O)C1(C)C.CN1C(C)(C)C(C)(C)C(C)(C)C(C)(C)C(C)(C)C1(C)C. The molecule has 0 aromatic carbocycles. The Morgan fingerprint density at radius 3 is 0.714 bits per heavy atom. The van der Waals surface area contributed by atoms with Gasteiger partial charge >= 0.3 is 0 Å². The van der Waals surface area contributed by atoms with Crippen molar-refractivity contribution in [3.8, 4) is 0 Å². The maximum absolute atomic E-state index is 12.6. The lowest BCUT2D eigenvalue weighted by Crippen LogP contribution is -2.62. The Morgan fingerprint density at radius 2 is 0.571 bits per heavy atom. The highest BCUT2D eigenvalue weighted by Crippen LogP contribution is 2.69. The predicted octanol–water partition coefficient (Wildman–Crippen LogP) is 8.62. The quantitative estimate of drug-likeness (QED) is 0.325. The van der Waals surface area contributed by atoms with Crippen LogP contribution in [-0.4, -0.2) is 40.9 Å². The molecular weight excluding hydrogens is 450 g/mol. The molecule has 0 atom stereocenters. The molecule has 2 rings (SSSR count). The Labute approximate surface area is 221 Å². The molecule has 0 radical (unpaired) electrons. The van der Waals surface area contributed by atoms with E-state index in [0.29, 0.717) is 0 Å². The number of hydrogen-bond donors (Lipinski definition) is 0. The van der Waals surface area contributed by atoms with Crippen LogP contribution < -0.4 is 0 Å². The Morgan fingerprint density at radius 1 is 0.371 bits per heavy atom. The average molecular weight is 514 g/mol. The first-order valence-electron chi connectivity index (χ1n) is 13.6. The van der Waals surface area contributed by atoms with E-state index in [1.165, 1.54) is 0 Å². The molecule has 0 spiro atoms. The van der Waals surface area contributed by atoms with Gasteiger partial charge in [-0.1, -0.05) is 83.1 Å². The van der Waals surface area contributed by atoms with Crippen molar-refractivity contribution < 1.29 is 8.42 Å². The molecule has 2 heterocycles. The molecule has 35 heavy (non-hydrogen) atoms. The van der Waals surface area contributed by atoms with Crippen LogP contribution in [0.25, 0.3) is 0 Å². The van der Waals surface area contributed by atoms with Crippen molar-refractivity contribution in [1.82, 2.24) is 4.90 Å². The Kier molecular flexibility index (Phi) is 7.28. The van der Waals surface area contributed by atoms with E-state index in [9.17, 15) is 8.42 Å². The zero-order valence-corrected chi connectivity index (χ0v) is 28.5. The molecule has 0 aromatic rings. The van der Waals surface area contributed by atoms with Crippen LogP contribution in [0, 0.1) is 32.5 Å². The average Bonchev–Trinajstić information content (AvgIpc) is 2.68. The summed E-state index contributed by atoms with van der Waals surface area (Å²) in [5.74, 6) is 0. The van der Waals surface area contributed by atoms with Crippen molar-refractivity contribution >= 4 is 9.84 Å². The third-order valence-corrected chi connectivity index (χ3v) is 19.0. The summed E-state index contributed by atoms with van der Waals surface area (Å²) in [6, 6.07) is 0. The maximum Gasteiger partial charge on any atom is 0.161 e. The van der Waals surface area contributed by atoms with Crippen molar-refractivity contribution in [3.63, 3.8) is 0 Å². The smallest absolute Gasteiger partial charge is 0.161 e. The Bertz CT molecular complexity index is 868. The van der Waals surface area contributed by atoms with Crippen LogP contribution in [0.1, 0.15) is 138 Å². The van der Waals surface area contributed by atoms with Crippen molar-refractivity contribution in [3.05, 3.63) is 0 Å². The van der Waals surface area contributed by atoms with E-state index in [2.05, 4.69) is 123 Å². The summed E-state index contributed by atoms with van der Waals surface area (Å²) in [5, 5.41) is 0. The van der Waals surface area contributed by atoms with Gasteiger partial charge in [-0.2, -0.15) is 0 Å². The first-order valence-corrected chi connectivity index (χ1v) is 15.1. The summed E-state index contributed by atoms with van der Waals surface area (Å²) >= 11 is 0. The molecule has 0 aromatic heterocycles. The lowest BCUT2D eigenvalue weighted by molar-refractivity contribution is -0.106. The topological polar surface area (TPSA) is 37.4 Å². The zero-order valence-electron chi connectivity index (χ0n) is 27.7. The molecule has 210 valence electrons. The van der Waals surface area contributed by atoms with Gasteiger partial charge in [-0.3, -0.25) is 4.90 Å². The molecule has 2 aliphatic rings. The number of hydrogen-bond acceptors (Lipinski definition) is 3. The highest BCUT2D eigenvalue weighted by molar-refractivity contribution is 7.94. The van der Waals surface area contributed by atoms with Crippen molar-refractivity contribution in [2.45, 2.75) is 159 Å². The fourth-order valence-electron chi connectivity index (χ4n) is 7.44. The van der Waals surface area contributed by atoms with Gasteiger partial charge in [0.2, 0.25) is 0 Å². The highest BCUT2D eigenvalue weighted by atomic mass is 32.2. The van der Waals surface area contributed by atoms with E-state index < -0.39 is 19.3 Å². The minimum atomic E-state index is -3.12. The van der Waals surface area contributed by atoms with Crippen molar-refractivity contribution in [1.29, 1.82) is 0 Å². The third kappa shape index (κ3) is 3.32. The molecule has 0 bridgehead atoms. The standard InChI is InChI=1S/C19H39N.C12H24O2S/c1-14(2)15(3,4)17(7,8)19(11,12)20(13)18(9,10)16(14,5)6;1-9(2)10(3,4)12(7,8)15(13,14)11(9,5)6/h1-13H3;1-8H3. The molecule has 0 saturated carbocycles. The molecule has 0 unspecified atom stereocenters. The largest absolute Gasteiger partial charge is 0.295 e. The lowest BCUT2D eigenvalue weighted by atomic mass is 9.43. The minimum absolute atomic E-state index is 0.130. The second-order valence-electron chi connectivity index (χ2n) is 17.0. The molecule has 3 nitrogen and oxygen atoms in total. The molecule has 0 N–H and O–H groups in total. The molecule has 0 amide bonds. The van der Waals surface area contributed by atoms with Crippen molar-refractivity contribution in [2.24, 2.45) is 32.5 Å². The Hall–Kier alpha value is -0.0900. The van der Waals surface area contributed by atoms with E-state index in [-0.39, 0.29) is 43.6 Å². The fourth-order valence-corrected chi connectivity index (χ4v) is 10.6. The fraction of sp³-hybridized carbons (Fsp3) is 1.00. The van der Waals surface area contributed by atoms with E-state index >= 15 is 0 Å². The van der Waals surface area contributed by atoms with Crippen LogP contribution in [0.3, 0.4) is 0 Å². The third-order valence-electron chi connectivity index (χ3n) is 15.3. The molecule has 4 heteroatoms. The van der Waals surface area contributed by atoms with Crippen LogP contribution in [0.15, 0.2) is 0 Å². The zero-order chi connectivity index (χ0) is 29.1. The van der Waals surface area contributed by atoms with E-state index in [1.807, 2.05) is 27.7 Å². The predicted molar refractivity (Wildman–Crippen MR) is 156 cm³/mol. The van der Waals surface area contributed by atoms with Gasteiger partial charge in [0, 0.05) is 11.1 Å². The van der Waals surface area contributed by atoms with Crippen LogP contribution >= 0.6 is 0 Å². The van der Waals surface area contributed by atoms with E-state index in [1.54, 1.807) is 0 Å². The van der Waals surface area contributed by atoms with Gasteiger partial charge in [0.1, 0.15) is 0 Å². The van der Waals surface area contributed by atoms with Crippen LogP contribution in [0.5, 0.6) is 0 Å². The van der Waals surface area contributed by atoms with E-state index in [4.69, 9.17) is 0 Å². The lowest BCUT2D eigenvalue weighted by Gasteiger charge is -2.60. The molecule has 0 aliphatic carbocycles. The van der Waals surface area contributed by atoms with Crippen LogP contribution in [-0.2, 0) is 9.84 Å². The maximum atomic E-state index is 12.6. The van der Waals surface area contributed by atoms with Gasteiger partial charge in [-0.15, -0.1) is 0 Å². The molecular formula is C31H63NO2S. The molecule has 2 saturated heterocycles. The summed E-state index contributed by atoms with van der Waals surface area (Å²) in [6.07, 6.45) is 0. The van der Waals surface area contributed by atoms with Gasteiger partial charge in [0.25, 0.3) is 0 Å². The number of nitrogens with zero attached hydrogens (tertiary/aromatic N) is 1. The van der Waals surface area contributed by atoms with Gasteiger partial charge in [-0.25, -0.2) is 8.42 Å². The van der Waals surface area contributed by atoms with Gasteiger partial charge in [0.15, 0.2) is 9.84 Å². The van der Waals surface area contributed by atoms with Crippen molar-refractivity contribution in [2.75, 3.05) is 7.05 Å². The summed E-state index contributed by atoms with van der Waals surface area (Å²) in [7, 11) is -0.798. The highest BCUT2D eigenvalue weighted by Gasteiger charge is 2.72. The number of likely N-dealkylation sites (tertiary alicyclic amines) is 1. The van der Waals surface area contributed by atoms with Gasteiger partial charge in [0.05, 0.1) is 9.49 Å². The molecule has 2 aliphatic heterocycles. The first kappa shape index (κ1) is 32.9. The molecule has 2 fully saturated rings. The summed E-state index contributed by atoms with van der Waals surface area (Å²) in [6.45, 7) is 45.2. The van der Waals surface area contributed by atoms with Crippen LogP contribution in [0.4, 0.5) is 0 Å². The van der Waals surface area contributed by atoms with E-state index in [0.717, 1.165) is 0 Å². The normalized spacial score (nSPS) is 33.6. The number of rotatable bonds is 0. The first-order chi connectivity index (χ1) is 14.7. The van der Waals surface area contributed by atoms with Crippen LogP contribution in [0.2, 0.25) is 0 Å².